The van der Waals surface area contributed by atoms with Crippen LogP contribution < -0.4 is 4.90 Å². The third kappa shape index (κ3) is 4.23. The van der Waals surface area contributed by atoms with Gasteiger partial charge in [-0.25, -0.2) is 14.8 Å². The Morgan fingerprint density at radius 1 is 1.10 bits per heavy atom. The molecule has 0 fully saturated rings. The standard InChI is InChI=1S/C22H20N4O3S/c1-29-21(28)17-9-7-16(8-10-17)20(27)26(13-4-12-25-14-11-23-15-25)22-24-18-5-2-3-6-19(18)30-22/h2-3,5-11,14-15H,4,12-13H2,1H3. The number of anilines is 1. The average molecular weight is 420 g/mol. The SMILES string of the molecule is COC(=O)c1ccc(C(=O)N(CCCn2ccnc2)c2nc3ccccc3s2)cc1. The van der Waals surface area contributed by atoms with Crippen LogP contribution in [0.3, 0.4) is 0 Å². The lowest BCUT2D eigenvalue weighted by Crippen LogP contribution is -2.32. The highest BCUT2D eigenvalue weighted by molar-refractivity contribution is 7.22. The first-order chi connectivity index (χ1) is 14.7. The van der Waals surface area contributed by atoms with Crippen LogP contribution in [0.4, 0.5) is 5.13 Å². The van der Waals surface area contributed by atoms with E-state index in [0.717, 1.165) is 23.2 Å². The van der Waals surface area contributed by atoms with Crippen molar-refractivity contribution in [3.8, 4) is 0 Å². The summed E-state index contributed by atoms with van der Waals surface area (Å²) in [5, 5.41) is 0.656. The molecule has 0 aliphatic rings. The molecule has 0 bridgehead atoms. The number of amides is 1. The lowest BCUT2D eigenvalue weighted by atomic mass is 10.1. The van der Waals surface area contributed by atoms with Crippen molar-refractivity contribution in [2.24, 2.45) is 0 Å². The summed E-state index contributed by atoms with van der Waals surface area (Å²) in [7, 11) is 1.33. The number of rotatable bonds is 7. The number of para-hydroxylation sites is 1. The van der Waals surface area contributed by atoms with Crippen LogP contribution in [-0.4, -0.2) is 40.1 Å². The first kappa shape index (κ1) is 19.8. The summed E-state index contributed by atoms with van der Waals surface area (Å²) >= 11 is 1.49. The van der Waals surface area contributed by atoms with E-state index in [-0.39, 0.29) is 5.91 Å². The van der Waals surface area contributed by atoms with E-state index < -0.39 is 5.97 Å². The van der Waals surface area contributed by atoms with Crippen molar-refractivity contribution < 1.29 is 14.3 Å². The average Bonchev–Trinajstić information content (AvgIpc) is 3.45. The van der Waals surface area contributed by atoms with Gasteiger partial charge in [-0.05, 0) is 42.8 Å². The van der Waals surface area contributed by atoms with Crippen molar-refractivity contribution in [2.45, 2.75) is 13.0 Å². The number of ether oxygens (including phenoxy) is 1. The second-order valence-electron chi connectivity index (χ2n) is 6.64. The summed E-state index contributed by atoms with van der Waals surface area (Å²) in [5.41, 5.74) is 1.76. The predicted octanol–water partition coefficient (Wildman–Crippen LogP) is 4.02. The van der Waals surface area contributed by atoms with Gasteiger partial charge < -0.3 is 9.30 Å². The lowest BCUT2D eigenvalue weighted by molar-refractivity contribution is 0.0600. The van der Waals surface area contributed by atoms with Crippen LogP contribution in [0.15, 0.2) is 67.3 Å². The third-order valence-corrected chi connectivity index (χ3v) is 5.73. The number of aromatic nitrogens is 3. The molecule has 0 radical (unpaired) electrons. The molecule has 0 atom stereocenters. The molecule has 0 aliphatic heterocycles. The molecule has 0 spiro atoms. The number of aryl methyl sites for hydroxylation is 1. The molecule has 0 unspecified atom stereocenters. The van der Waals surface area contributed by atoms with Crippen LogP contribution in [0.25, 0.3) is 10.2 Å². The zero-order chi connectivity index (χ0) is 20.9. The van der Waals surface area contributed by atoms with Crippen LogP contribution in [0.1, 0.15) is 27.1 Å². The first-order valence-corrected chi connectivity index (χ1v) is 10.3. The van der Waals surface area contributed by atoms with Crippen molar-refractivity contribution in [1.29, 1.82) is 0 Å². The molecule has 8 heteroatoms. The Morgan fingerprint density at radius 3 is 2.57 bits per heavy atom. The molecule has 7 nitrogen and oxygen atoms in total. The number of carbonyl (C=O) groups is 2. The van der Waals surface area contributed by atoms with E-state index in [1.54, 1.807) is 41.7 Å². The number of nitrogens with zero attached hydrogens (tertiary/aromatic N) is 4. The number of benzene rings is 2. The zero-order valence-electron chi connectivity index (χ0n) is 16.4. The lowest BCUT2D eigenvalue weighted by Gasteiger charge is -2.20. The Morgan fingerprint density at radius 2 is 1.87 bits per heavy atom. The van der Waals surface area contributed by atoms with E-state index in [4.69, 9.17) is 4.74 Å². The molecule has 2 aromatic carbocycles. The minimum absolute atomic E-state index is 0.156. The number of esters is 1. The normalized spacial score (nSPS) is 10.8. The molecule has 30 heavy (non-hydrogen) atoms. The van der Waals surface area contributed by atoms with E-state index in [1.165, 1.54) is 18.4 Å². The van der Waals surface area contributed by atoms with Crippen molar-refractivity contribution in [3.63, 3.8) is 0 Å². The van der Waals surface area contributed by atoms with E-state index >= 15 is 0 Å². The summed E-state index contributed by atoms with van der Waals surface area (Å²) < 4.78 is 7.73. The van der Waals surface area contributed by atoms with Gasteiger partial charge in [0.1, 0.15) is 0 Å². The van der Waals surface area contributed by atoms with Crippen molar-refractivity contribution in [3.05, 3.63) is 78.4 Å². The molecule has 0 N–H and O–H groups in total. The fraction of sp³-hybridized carbons (Fsp3) is 0.182. The number of imidazole rings is 1. The number of fused-ring (bicyclic) bond motifs is 1. The fourth-order valence-corrected chi connectivity index (χ4v) is 4.10. The number of carbonyl (C=O) groups excluding carboxylic acids is 2. The summed E-state index contributed by atoms with van der Waals surface area (Å²) in [6.07, 6.45) is 6.14. The van der Waals surface area contributed by atoms with Gasteiger partial charge in [0.25, 0.3) is 5.91 Å². The monoisotopic (exact) mass is 420 g/mol. The smallest absolute Gasteiger partial charge is 0.337 e. The van der Waals surface area contributed by atoms with E-state index in [1.807, 2.05) is 35.0 Å². The molecule has 4 rings (SSSR count). The van der Waals surface area contributed by atoms with Crippen molar-refractivity contribution >= 4 is 38.6 Å². The highest BCUT2D eigenvalue weighted by Crippen LogP contribution is 2.29. The minimum atomic E-state index is -0.433. The molecule has 4 aromatic rings. The number of thiazole rings is 1. The quantitative estimate of drug-likeness (QED) is 0.422. The molecule has 0 saturated carbocycles. The predicted molar refractivity (Wildman–Crippen MR) is 116 cm³/mol. The maximum absolute atomic E-state index is 13.3. The summed E-state index contributed by atoms with van der Waals surface area (Å²) in [6, 6.07) is 14.3. The number of hydrogen-bond acceptors (Lipinski definition) is 6. The largest absolute Gasteiger partial charge is 0.465 e. The Labute approximate surface area is 177 Å². The van der Waals surface area contributed by atoms with E-state index in [2.05, 4.69) is 9.97 Å². The first-order valence-electron chi connectivity index (χ1n) is 9.47. The molecule has 0 aliphatic carbocycles. The third-order valence-electron chi connectivity index (χ3n) is 4.67. The van der Waals surface area contributed by atoms with Crippen LogP contribution in [0, 0.1) is 0 Å². The molecule has 152 valence electrons. The minimum Gasteiger partial charge on any atom is -0.465 e. The van der Waals surface area contributed by atoms with Gasteiger partial charge in [-0.2, -0.15) is 0 Å². The Balaban J connectivity index is 1.59. The second-order valence-corrected chi connectivity index (χ2v) is 7.65. The van der Waals surface area contributed by atoms with Crippen molar-refractivity contribution in [2.75, 3.05) is 18.6 Å². The van der Waals surface area contributed by atoms with Crippen LogP contribution >= 0.6 is 11.3 Å². The Hall–Kier alpha value is -3.52. The van der Waals surface area contributed by atoms with Gasteiger partial charge in [-0.3, -0.25) is 9.69 Å². The fourth-order valence-electron chi connectivity index (χ4n) is 3.11. The van der Waals surface area contributed by atoms with E-state index in [9.17, 15) is 9.59 Å². The van der Waals surface area contributed by atoms with Gasteiger partial charge in [0.05, 0.1) is 29.2 Å². The van der Waals surface area contributed by atoms with Gasteiger partial charge in [0.15, 0.2) is 5.13 Å². The summed E-state index contributed by atoms with van der Waals surface area (Å²) in [6.45, 7) is 1.26. The zero-order valence-corrected chi connectivity index (χ0v) is 17.2. The number of hydrogen-bond donors (Lipinski definition) is 0. The number of methoxy groups -OCH3 is 1. The van der Waals surface area contributed by atoms with Gasteiger partial charge in [0, 0.05) is 31.0 Å². The Kier molecular flexibility index (Phi) is 5.85. The van der Waals surface area contributed by atoms with Gasteiger partial charge >= 0.3 is 5.97 Å². The van der Waals surface area contributed by atoms with Crippen LogP contribution in [0.2, 0.25) is 0 Å². The molecule has 1 amide bonds. The Bertz CT molecular complexity index is 1120. The topological polar surface area (TPSA) is 77.3 Å². The summed E-state index contributed by atoms with van der Waals surface area (Å²) in [5.74, 6) is -0.589. The molecule has 0 saturated heterocycles. The van der Waals surface area contributed by atoms with Crippen molar-refractivity contribution in [1.82, 2.24) is 14.5 Å². The van der Waals surface area contributed by atoms with Crippen LogP contribution in [-0.2, 0) is 11.3 Å². The van der Waals surface area contributed by atoms with Gasteiger partial charge in [0.2, 0.25) is 0 Å². The molecule has 2 aromatic heterocycles. The maximum atomic E-state index is 13.3. The van der Waals surface area contributed by atoms with E-state index in [0.29, 0.717) is 22.8 Å². The highest BCUT2D eigenvalue weighted by atomic mass is 32.1. The maximum Gasteiger partial charge on any atom is 0.337 e. The molecule has 2 heterocycles. The van der Waals surface area contributed by atoms with Gasteiger partial charge in [-0.1, -0.05) is 23.5 Å². The van der Waals surface area contributed by atoms with Gasteiger partial charge in [-0.15, -0.1) is 0 Å². The molecular weight excluding hydrogens is 400 g/mol. The highest BCUT2D eigenvalue weighted by Gasteiger charge is 2.21. The second kappa shape index (κ2) is 8.87. The summed E-state index contributed by atoms with van der Waals surface area (Å²) in [4.78, 5) is 35.4. The molecular formula is C22H20N4O3S. The van der Waals surface area contributed by atoms with Crippen LogP contribution in [0.5, 0.6) is 0 Å².